The molecule has 100 valence electrons. The number of aromatic nitrogens is 1. The summed E-state index contributed by atoms with van der Waals surface area (Å²) in [4.78, 5) is 14.0. The van der Waals surface area contributed by atoms with Gasteiger partial charge >= 0.3 is 0 Å². The van der Waals surface area contributed by atoms with Crippen LogP contribution in [0, 0.1) is 21.4 Å². The van der Waals surface area contributed by atoms with E-state index in [0.717, 1.165) is 11.3 Å². The summed E-state index contributed by atoms with van der Waals surface area (Å²) in [5.74, 6) is -0.210. The predicted octanol–water partition coefficient (Wildman–Crippen LogP) is 2.10. The molecule has 1 aromatic carbocycles. The van der Waals surface area contributed by atoms with Crippen molar-refractivity contribution in [1.82, 2.24) is 4.98 Å². The average molecular weight is 289 g/mol. The molecule has 0 aliphatic carbocycles. The summed E-state index contributed by atoms with van der Waals surface area (Å²) in [6, 6.07) is 7.72. The SMILES string of the molecule is N#C/C(=N/Nc1ccccc1[N+](=O)[O-])c1nc(O)cs1. The van der Waals surface area contributed by atoms with Crippen LogP contribution in [0.4, 0.5) is 11.4 Å². The van der Waals surface area contributed by atoms with Gasteiger partial charge in [-0.3, -0.25) is 15.5 Å². The highest BCUT2D eigenvalue weighted by atomic mass is 32.1. The van der Waals surface area contributed by atoms with Crippen LogP contribution in [0.15, 0.2) is 34.7 Å². The maximum absolute atomic E-state index is 10.8. The number of nitriles is 1. The van der Waals surface area contributed by atoms with Crippen LogP contribution in [0.5, 0.6) is 5.88 Å². The van der Waals surface area contributed by atoms with Crippen molar-refractivity contribution in [2.45, 2.75) is 0 Å². The van der Waals surface area contributed by atoms with Crippen molar-refractivity contribution in [3.63, 3.8) is 0 Å². The Hall–Kier alpha value is -2.99. The highest BCUT2D eigenvalue weighted by molar-refractivity contribution is 7.12. The van der Waals surface area contributed by atoms with Crippen LogP contribution in [-0.4, -0.2) is 20.7 Å². The monoisotopic (exact) mass is 289 g/mol. The minimum atomic E-state index is -0.556. The minimum Gasteiger partial charge on any atom is -0.493 e. The number of para-hydroxylation sites is 2. The Morgan fingerprint density at radius 1 is 1.55 bits per heavy atom. The van der Waals surface area contributed by atoms with E-state index < -0.39 is 4.92 Å². The molecule has 8 nitrogen and oxygen atoms in total. The molecule has 2 aromatic rings. The van der Waals surface area contributed by atoms with Gasteiger partial charge in [0.25, 0.3) is 5.69 Å². The van der Waals surface area contributed by atoms with Gasteiger partial charge in [0.2, 0.25) is 5.88 Å². The van der Waals surface area contributed by atoms with Crippen LogP contribution >= 0.6 is 11.3 Å². The molecule has 0 aliphatic rings. The molecular weight excluding hydrogens is 282 g/mol. The fourth-order valence-electron chi connectivity index (χ4n) is 1.34. The van der Waals surface area contributed by atoms with E-state index in [1.807, 2.05) is 0 Å². The van der Waals surface area contributed by atoms with Gasteiger partial charge in [-0.2, -0.15) is 15.3 Å². The summed E-state index contributed by atoms with van der Waals surface area (Å²) in [5, 5.41) is 34.3. The Labute approximate surface area is 116 Å². The number of anilines is 1. The smallest absolute Gasteiger partial charge is 0.294 e. The first-order valence-corrected chi connectivity index (χ1v) is 6.12. The van der Waals surface area contributed by atoms with E-state index in [9.17, 15) is 10.1 Å². The predicted molar refractivity (Wildman–Crippen MR) is 72.6 cm³/mol. The van der Waals surface area contributed by atoms with Crippen LogP contribution in [0.1, 0.15) is 5.01 Å². The fourth-order valence-corrected chi connectivity index (χ4v) is 1.96. The summed E-state index contributed by atoms with van der Waals surface area (Å²) >= 11 is 1.04. The fraction of sp³-hybridized carbons (Fsp3) is 0. The van der Waals surface area contributed by atoms with E-state index in [2.05, 4.69) is 15.5 Å². The summed E-state index contributed by atoms with van der Waals surface area (Å²) in [5.41, 5.74) is 2.39. The number of thiazole rings is 1. The molecule has 20 heavy (non-hydrogen) atoms. The Balaban J connectivity index is 2.28. The van der Waals surface area contributed by atoms with Gasteiger partial charge in [-0.1, -0.05) is 12.1 Å². The largest absolute Gasteiger partial charge is 0.493 e. The highest BCUT2D eigenvalue weighted by Gasteiger charge is 2.13. The van der Waals surface area contributed by atoms with Crippen molar-refractivity contribution in [2.24, 2.45) is 5.10 Å². The molecule has 1 aromatic heterocycles. The third-order valence-corrected chi connectivity index (χ3v) is 3.03. The van der Waals surface area contributed by atoms with Crippen LogP contribution in [0.3, 0.4) is 0 Å². The van der Waals surface area contributed by atoms with Crippen molar-refractivity contribution in [3.05, 3.63) is 44.8 Å². The molecule has 9 heteroatoms. The summed E-state index contributed by atoms with van der Waals surface area (Å²) < 4.78 is 0. The van der Waals surface area contributed by atoms with Gasteiger partial charge in [0.15, 0.2) is 10.7 Å². The van der Waals surface area contributed by atoms with Gasteiger partial charge in [-0.05, 0) is 6.07 Å². The van der Waals surface area contributed by atoms with Gasteiger partial charge in [0.05, 0.1) is 10.3 Å². The highest BCUT2D eigenvalue weighted by Crippen LogP contribution is 2.23. The summed E-state index contributed by atoms with van der Waals surface area (Å²) in [6.45, 7) is 0. The number of rotatable bonds is 4. The lowest BCUT2D eigenvalue weighted by Crippen LogP contribution is -2.02. The Bertz CT molecular complexity index is 719. The molecule has 0 spiro atoms. The molecule has 0 fully saturated rings. The van der Waals surface area contributed by atoms with Gasteiger partial charge in [0, 0.05) is 6.07 Å². The summed E-state index contributed by atoms with van der Waals surface area (Å²) in [7, 11) is 0. The molecule has 0 bridgehead atoms. The Morgan fingerprint density at radius 2 is 2.30 bits per heavy atom. The number of hydrogen-bond acceptors (Lipinski definition) is 8. The zero-order valence-electron chi connectivity index (χ0n) is 9.85. The number of hydrogen-bond donors (Lipinski definition) is 2. The van der Waals surface area contributed by atoms with Gasteiger partial charge in [-0.25, -0.2) is 0 Å². The van der Waals surface area contributed by atoms with Crippen LogP contribution in [0.25, 0.3) is 0 Å². The maximum atomic E-state index is 10.8. The number of nitro groups is 1. The molecule has 0 saturated carbocycles. The number of nitro benzene ring substituents is 1. The molecule has 0 aliphatic heterocycles. The van der Waals surface area contributed by atoms with Gasteiger partial charge in [0.1, 0.15) is 11.8 Å². The minimum absolute atomic E-state index is 0.0755. The summed E-state index contributed by atoms with van der Waals surface area (Å²) in [6.07, 6.45) is 0. The topological polar surface area (TPSA) is 124 Å². The van der Waals surface area contributed by atoms with E-state index in [4.69, 9.17) is 10.4 Å². The molecule has 2 rings (SSSR count). The lowest BCUT2D eigenvalue weighted by Gasteiger charge is -2.01. The van der Waals surface area contributed by atoms with Crippen molar-refractivity contribution in [2.75, 3.05) is 5.43 Å². The third kappa shape index (κ3) is 2.88. The average Bonchev–Trinajstić information content (AvgIpc) is 2.86. The molecule has 2 N–H and O–H groups in total. The lowest BCUT2D eigenvalue weighted by molar-refractivity contribution is -0.384. The Kier molecular flexibility index (Phi) is 3.88. The molecular formula is C11H7N5O3S. The standard InChI is InChI=1S/C11H7N5O3S/c12-5-8(11-13-10(17)6-20-11)15-14-7-3-1-2-4-9(7)16(18)19/h1-4,6,14,17H/b15-8-. The first kappa shape index (κ1) is 13.4. The molecule has 0 saturated heterocycles. The van der Waals surface area contributed by atoms with Crippen molar-refractivity contribution in [1.29, 1.82) is 5.26 Å². The number of nitrogens with zero attached hydrogens (tertiary/aromatic N) is 4. The van der Waals surface area contributed by atoms with Crippen molar-refractivity contribution in [3.8, 4) is 11.9 Å². The van der Waals surface area contributed by atoms with E-state index in [1.54, 1.807) is 12.1 Å². The first-order valence-electron chi connectivity index (χ1n) is 5.24. The second-order valence-corrected chi connectivity index (χ2v) is 4.33. The van der Waals surface area contributed by atoms with Crippen molar-refractivity contribution >= 4 is 28.4 Å². The second kappa shape index (κ2) is 5.77. The Morgan fingerprint density at radius 3 is 2.90 bits per heavy atom. The zero-order chi connectivity index (χ0) is 14.5. The zero-order valence-corrected chi connectivity index (χ0v) is 10.7. The van der Waals surface area contributed by atoms with Crippen LogP contribution in [-0.2, 0) is 0 Å². The first-order chi connectivity index (χ1) is 9.61. The third-order valence-electron chi connectivity index (χ3n) is 2.19. The van der Waals surface area contributed by atoms with Gasteiger partial charge in [-0.15, -0.1) is 11.3 Å². The van der Waals surface area contributed by atoms with Crippen LogP contribution < -0.4 is 5.43 Å². The quantitative estimate of drug-likeness (QED) is 0.504. The number of hydrazone groups is 1. The number of nitrogens with one attached hydrogen (secondary N) is 1. The number of aromatic hydroxyl groups is 1. The van der Waals surface area contributed by atoms with Crippen LogP contribution in [0.2, 0.25) is 0 Å². The van der Waals surface area contributed by atoms with E-state index in [-0.39, 0.29) is 28.0 Å². The van der Waals surface area contributed by atoms with E-state index in [1.165, 1.54) is 23.6 Å². The lowest BCUT2D eigenvalue weighted by atomic mass is 10.3. The number of benzene rings is 1. The normalized spacial score (nSPS) is 10.8. The maximum Gasteiger partial charge on any atom is 0.294 e. The second-order valence-electron chi connectivity index (χ2n) is 3.47. The van der Waals surface area contributed by atoms with E-state index >= 15 is 0 Å². The molecule has 1 heterocycles. The van der Waals surface area contributed by atoms with Gasteiger partial charge < -0.3 is 5.11 Å². The van der Waals surface area contributed by atoms with Crippen molar-refractivity contribution < 1.29 is 10.0 Å². The molecule has 0 unspecified atom stereocenters. The molecule has 0 radical (unpaired) electrons. The van der Waals surface area contributed by atoms with E-state index in [0.29, 0.717) is 0 Å². The molecule has 0 atom stereocenters. The molecule has 0 amide bonds.